The Morgan fingerprint density at radius 3 is 2.71 bits per heavy atom. The number of hydrogen-bond donors (Lipinski definition) is 0. The summed E-state index contributed by atoms with van der Waals surface area (Å²) in [6.45, 7) is 4.79. The number of halogens is 1. The Bertz CT molecular complexity index is 652. The molecule has 0 bridgehead atoms. The highest BCUT2D eigenvalue weighted by molar-refractivity contribution is 7.03. The number of pyridine rings is 1. The van der Waals surface area contributed by atoms with Gasteiger partial charge in [0.05, 0.1) is 22.0 Å². The lowest BCUT2D eigenvalue weighted by molar-refractivity contribution is 0.0746. The van der Waals surface area contributed by atoms with Crippen LogP contribution in [0.4, 0.5) is 5.69 Å². The number of rotatable bonds is 2. The minimum Gasteiger partial charge on any atom is -0.367 e. The van der Waals surface area contributed by atoms with Crippen LogP contribution in [-0.2, 0) is 0 Å². The van der Waals surface area contributed by atoms with Crippen molar-refractivity contribution < 1.29 is 4.79 Å². The number of nitrogens with zero attached hydrogens (tertiary/aromatic N) is 4. The predicted molar refractivity (Wildman–Crippen MR) is 84.2 cm³/mol. The number of anilines is 1. The van der Waals surface area contributed by atoms with E-state index in [-0.39, 0.29) is 5.91 Å². The second-order valence-corrected chi connectivity index (χ2v) is 5.96. The van der Waals surface area contributed by atoms with Gasteiger partial charge in [-0.05, 0) is 24.5 Å². The molecule has 3 rings (SSSR count). The van der Waals surface area contributed by atoms with Crippen LogP contribution < -0.4 is 4.90 Å². The zero-order valence-electron chi connectivity index (χ0n) is 11.6. The van der Waals surface area contributed by atoms with Crippen molar-refractivity contribution in [3.8, 4) is 0 Å². The first-order chi connectivity index (χ1) is 10.2. The van der Waals surface area contributed by atoms with Crippen molar-refractivity contribution in [2.45, 2.75) is 6.92 Å². The second kappa shape index (κ2) is 5.99. The Hall–Kier alpha value is -1.66. The fourth-order valence-corrected chi connectivity index (χ4v) is 3.37. The molecule has 0 N–H and O–H groups in total. The molecule has 2 aromatic heterocycles. The van der Waals surface area contributed by atoms with Gasteiger partial charge in [0.25, 0.3) is 5.91 Å². The minimum absolute atomic E-state index is 0.0710. The summed E-state index contributed by atoms with van der Waals surface area (Å²) in [5.41, 5.74) is 2.51. The molecule has 0 spiro atoms. The van der Waals surface area contributed by atoms with Gasteiger partial charge in [-0.15, -0.1) is 0 Å². The van der Waals surface area contributed by atoms with Crippen molar-refractivity contribution in [2.75, 3.05) is 31.1 Å². The molecule has 0 saturated carbocycles. The fourth-order valence-electron chi connectivity index (χ4n) is 2.44. The molecule has 1 fully saturated rings. The Balaban J connectivity index is 1.67. The van der Waals surface area contributed by atoms with E-state index < -0.39 is 0 Å². The quantitative estimate of drug-likeness (QED) is 0.852. The van der Waals surface area contributed by atoms with Crippen LogP contribution in [0.3, 0.4) is 0 Å². The van der Waals surface area contributed by atoms with E-state index in [1.54, 1.807) is 12.4 Å². The summed E-state index contributed by atoms with van der Waals surface area (Å²) >= 11 is 7.49. The van der Waals surface area contributed by atoms with Crippen LogP contribution >= 0.6 is 23.1 Å². The third-order valence-corrected chi connectivity index (χ3v) is 4.65. The summed E-state index contributed by atoms with van der Waals surface area (Å²) in [5.74, 6) is 0.0710. The zero-order chi connectivity index (χ0) is 14.8. The maximum Gasteiger partial charge on any atom is 0.256 e. The molecule has 1 aliphatic heterocycles. The number of carbonyl (C=O) groups excluding carboxylic acids is 1. The van der Waals surface area contributed by atoms with E-state index in [1.807, 2.05) is 23.3 Å². The lowest BCUT2D eigenvalue weighted by Crippen LogP contribution is -2.49. The lowest BCUT2D eigenvalue weighted by Gasteiger charge is -2.36. The number of aromatic nitrogens is 2. The largest absolute Gasteiger partial charge is 0.367 e. The van der Waals surface area contributed by atoms with Crippen LogP contribution in [0.15, 0.2) is 23.8 Å². The van der Waals surface area contributed by atoms with Gasteiger partial charge in [0, 0.05) is 44.0 Å². The smallest absolute Gasteiger partial charge is 0.256 e. The van der Waals surface area contributed by atoms with E-state index in [0.29, 0.717) is 18.1 Å². The maximum absolute atomic E-state index is 12.4. The predicted octanol–water partition coefficient (Wildman–Crippen LogP) is 2.46. The molecule has 0 radical (unpaired) electrons. The summed E-state index contributed by atoms with van der Waals surface area (Å²) in [4.78, 5) is 20.5. The van der Waals surface area contributed by atoms with Crippen LogP contribution in [0.2, 0.25) is 5.02 Å². The maximum atomic E-state index is 12.4. The Kier molecular flexibility index (Phi) is 4.07. The standard InChI is InChI=1S/C14H15ClN4OS/c1-10-11(9-21-17-10)14(20)19-6-4-18(5-7-19)13-2-3-16-8-12(13)15/h2-3,8-9H,4-7H2,1H3. The summed E-state index contributed by atoms with van der Waals surface area (Å²) < 4.78 is 4.17. The molecule has 0 unspecified atom stereocenters. The fraction of sp³-hybridized carbons (Fsp3) is 0.357. The van der Waals surface area contributed by atoms with Gasteiger partial charge in [-0.3, -0.25) is 9.78 Å². The molecular formula is C14H15ClN4OS. The summed E-state index contributed by atoms with van der Waals surface area (Å²) in [6.07, 6.45) is 3.38. The molecule has 7 heteroatoms. The first-order valence-electron chi connectivity index (χ1n) is 6.71. The number of aryl methyl sites for hydroxylation is 1. The molecule has 110 valence electrons. The highest BCUT2D eigenvalue weighted by atomic mass is 35.5. The van der Waals surface area contributed by atoms with Crippen molar-refractivity contribution in [1.82, 2.24) is 14.3 Å². The van der Waals surface area contributed by atoms with Gasteiger partial charge in [-0.1, -0.05) is 11.6 Å². The van der Waals surface area contributed by atoms with E-state index in [2.05, 4.69) is 14.3 Å². The van der Waals surface area contributed by atoms with Gasteiger partial charge in [0.2, 0.25) is 0 Å². The van der Waals surface area contributed by atoms with Crippen LogP contribution in [-0.4, -0.2) is 46.3 Å². The summed E-state index contributed by atoms with van der Waals surface area (Å²) in [7, 11) is 0. The topological polar surface area (TPSA) is 49.3 Å². The first-order valence-corrected chi connectivity index (χ1v) is 7.93. The third kappa shape index (κ3) is 2.87. The van der Waals surface area contributed by atoms with E-state index >= 15 is 0 Å². The van der Waals surface area contributed by atoms with E-state index in [4.69, 9.17) is 11.6 Å². The van der Waals surface area contributed by atoms with E-state index in [9.17, 15) is 4.79 Å². The van der Waals surface area contributed by atoms with Crippen LogP contribution in [0.1, 0.15) is 16.1 Å². The minimum atomic E-state index is 0.0710. The molecule has 0 aliphatic carbocycles. The summed E-state index contributed by atoms with van der Waals surface area (Å²) in [5, 5.41) is 2.47. The van der Waals surface area contributed by atoms with E-state index in [1.165, 1.54) is 11.5 Å². The molecular weight excluding hydrogens is 308 g/mol. The van der Waals surface area contributed by atoms with Crippen molar-refractivity contribution in [3.63, 3.8) is 0 Å². The van der Waals surface area contributed by atoms with E-state index in [0.717, 1.165) is 30.0 Å². The molecule has 21 heavy (non-hydrogen) atoms. The number of amides is 1. The lowest BCUT2D eigenvalue weighted by atomic mass is 10.2. The number of hydrogen-bond acceptors (Lipinski definition) is 5. The highest BCUT2D eigenvalue weighted by Gasteiger charge is 2.24. The van der Waals surface area contributed by atoms with Gasteiger partial charge in [0.15, 0.2) is 0 Å². The van der Waals surface area contributed by atoms with Crippen molar-refractivity contribution in [2.24, 2.45) is 0 Å². The normalized spacial score (nSPS) is 15.3. The molecule has 1 aliphatic rings. The number of piperazine rings is 1. The average molecular weight is 323 g/mol. The molecule has 0 atom stereocenters. The Morgan fingerprint density at radius 2 is 2.10 bits per heavy atom. The van der Waals surface area contributed by atoms with Gasteiger partial charge in [0.1, 0.15) is 0 Å². The van der Waals surface area contributed by atoms with Crippen LogP contribution in [0.5, 0.6) is 0 Å². The monoisotopic (exact) mass is 322 g/mol. The third-order valence-electron chi connectivity index (χ3n) is 3.64. The van der Waals surface area contributed by atoms with Gasteiger partial charge >= 0.3 is 0 Å². The molecule has 1 saturated heterocycles. The van der Waals surface area contributed by atoms with Gasteiger partial charge < -0.3 is 9.80 Å². The molecule has 2 aromatic rings. The second-order valence-electron chi connectivity index (χ2n) is 4.92. The van der Waals surface area contributed by atoms with Gasteiger partial charge in [-0.25, -0.2) is 0 Å². The SMILES string of the molecule is Cc1nscc1C(=O)N1CCN(c2ccncc2Cl)CC1. The first kappa shape index (κ1) is 14.3. The molecule has 1 amide bonds. The molecule has 3 heterocycles. The molecule has 5 nitrogen and oxygen atoms in total. The molecule has 0 aromatic carbocycles. The van der Waals surface area contributed by atoms with Crippen LogP contribution in [0.25, 0.3) is 0 Å². The highest BCUT2D eigenvalue weighted by Crippen LogP contribution is 2.25. The van der Waals surface area contributed by atoms with Crippen LogP contribution in [0, 0.1) is 6.92 Å². The average Bonchev–Trinajstić information content (AvgIpc) is 2.93. The van der Waals surface area contributed by atoms with Crippen molar-refractivity contribution in [3.05, 3.63) is 40.1 Å². The number of carbonyl (C=O) groups is 1. The zero-order valence-corrected chi connectivity index (χ0v) is 13.2. The summed E-state index contributed by atoms with van der Waals surface area (Å²) in [6, 6.07) is 1.91. The van der Waals surface area contributed by atoms with Crippen molar-refractivity contribution >= 4 is 34.7 Å². The Morgan fingerprint density at radius 1 is 1.33 bits per heavy atom. The Labute approximate surface area is 132 Å². The van der Waals surface area contributed by atoms with Gasteiger partial charge in [-0.2, -0.15) is 4.37 Å². The van der Waals surface area contributed by atoms with Crippen molar-refractivity contribution in [1.29, 1.82) is 0 Å².